The van der Waals surface area contributed by atoms with Crippen LogP contribution in [-0.2, 0) is 19.5 Å². The Morgan fingerprint density at radius 3 is 2.68 bits per heavy atom. The van der Waals surface area contributed by atoms with Gasteiger partial charge in [0.05, 0.1) is 19.9 Å². The lowest BCUT2D eigenvalue weighted by atomic mass is 10.1. The maximum atomic E-state index is 12.6. The molecule has 4 rings (SSSR count). The Bertz CT molecular complexity index is 890. The van der Waals surface area contributed by atoms with Crippen LogP contribution in [0.5, 0.6) is 11.5 Å². The summed E-state index contributed by atoms with van der Waals surface area (Å²) < 4.78 is 10.9. The van der Waals surface area contributed by atoms with E-state index >= 15 is 0 Å². The summed E-state index contributed by atoms with van der Waals surface area (Å²) in [6, 6.07) is 5.85. The van der Waals surface area contributed by atoms with Crippen molar-refractivity contribution in [2.75, 3.05) is 38.8 Å². The van der Waals surface area contributed by atoms with Gasteiger partial charge in [0, 0.05) is 43.9 Å². The smallest absolute Gasteiger partial charge is 0.255 e. The second-order valence-corrected chi connectivity index (χ2v) is 7.50. The summed E-state index contributed by atoms with van der Waals surface area (Å²) in [6.45, 7) is 4.15. The molecule has 1 N–H and O–H groups in total. The summed E-state index contributed by atoms with van der Waals surface area (Å²) in [7, 11) is 3.35. The Hall–Kier alpha value is -2.54. The Kier molecular flexibility index (Phi) is 5.52. The van der Waals surface area contributed by atoms with Crippen LogP contribution in [0.3, 0.4) is 0 Å². The van der Waals surface area contributed by atoms with Crippen LogP contribution in [0.15, 0.2) is 23.0 Å². The van der Waals surface area contributed by atoms with E-state index in [0.717, 1.165) is 73.3 Å². The number of aromatic nitrogens is 2. The Balaban J connectivity index is 1.56. The van der Waals surface area contributed by atoms with Gasteiger partial charge in [-0.15, -0.1) is 0 Å². The number of H-pyrrole nitrogens is 1. The summed E-state index contributed by atoms with van der Waals surface area (Å²) >= 11 is 0. The van der Waals surface area contributed by atoms with Crippen molar-refractivity contribution in [3.8, 4) is 11.5 Å². The molecule has 1 fully saturated rings. The molecule has 0 saturated carbocycles. The van der Waals surface area contributed by atoms with Crippen molar-refractivity contribution in [2.45, 2.75) is 38.8 Å². The van der Waals surface area contributed by atoms with Crippen molar-refractivity contribution in [2.24, 2.45) is 0 Å². The van der Waals surface area contributed by atoms with Crippen LogP contribution >= 0.6 is 0 Å². The molecule has 1 aromatic heterocycles. The van der Waals surface area contributed by atoms with Gasteiger partial charge in [0.15, 0.2) is 0 Å². The predicted octanol–water partition coefficient (Wildman–Crippen LogP) is 2.34. The third-order valence-electron chi connectivity index (χ3n) is 5.68. The van der Waals surface area contributed by atoms with Crippen molar-refractivity contribution in [3.63, 3.8) is 0 Å². The molecule has 0 radical (unpaired) electrons. The summed E-state index contributed by atoms with van der Waals surface area (Å²) in [4.78, 5) is 25.0. The average molecular weight is 384 g/mol. The standard InChI is InChI=1S/C21H28N4O3/c1-27-16-6-7-19(28-2)15(12-16)13-24-11-8-17-18(14-24)22-21(23-20(17)26)25-9-4-3-5-10-25/h6-7,12H,3-5,8-11,13-14H2,1-2H3,(H,22,23,26). The number of ether oxygens (including phenoxy) is 2. The van der Waals surface area contributed by atoms with E-state index < -0.39 is 0 Å². The zero-order valence-corrected chi connectivity index (χ0v) is 16.7. The molecular weight excluding hydrogens is 356 g/mol. The van der Waals surface area contributed by atoms with Crippen molar-refractivity contribution < 1.29 is 9.47 Å². The molecule has 0 unspecified atom stereocenters. The van der Waals surface area contributed by atoms with Crippen LogP contribution in [0.4, 0.5) is 5.95 Å². The van der Waals surface area contributed by atoms with Gasteiger partial charge in [-0.05, 0) is 43.9 Å². The van der Waals surface area contributed by atoms with Gasteiger partial charge in [-0.1, -0.05) is 0 Å². The first kappa shape index (κ1) is 18.8. The molecule has 2 aromatic rings. The Morgan fingerprint density at radius 1 is 1.11 bits per heavy atom. The molecule has 0 amide bonds. The summed E-state index contributed by atoms with van der Waals surface area (Å²) in [5, 5.41) is 0. The number of methoxy groups -OCH3 is 2. The van der Waals surface area contributed by atoms with Gasteiger partial charge in [-0.3, -0.25) is 14.7 Å². The molecule has 7 nitrogen and oxygen atoms in total. The molecule has 7 heteroatoms. The zero-order chi connectivity index (χ0) is 19.5. The molecule has 3 heterocycles. The fourth-order valence-electron chi connectivity index (χ4n) is 4.12. The number of fused-ring (bicyclic) bond motifs is 1. The third kappa shape index (κ3) is 3.85. The van der Waals surface area contributed by atoms with E-state index in [1.807, 2.05) is 18.2 Å². The van der Waals surface area contributed by atoms with E-state index in [2.05, 4.69) is 14.8 Å². The first-order valence-corrected chi connectivity index (χ1v) is 9.98. The van der Waals surface area contributed by atoms with E-state index in [1.165, 1.54) is 6.42 Å². The predicted molar refractivity (Wildman–Crippen MR) is 108 cm³/mol. The number of nitrogens with zero attached hydrogens (tertiary/aromatic N) is 3. The van der Waals surface area contributed by atoms with E-state index in [9.17, 15) is 4.79 Å². The van der Waals surface area contributed by atoms with Crippen LogP contribution in [0, 0.1) is 0 Å². The van der Waals surface area contributed by atoms with Gasteiger partial charge in [0.25, 0.3) is 5.56 Å². The van der Waals surface area contributed by atoms with Crippen molar-refractivity contribution >= 4 is 5.95 Å². The number of rotatable bonds is 5. The number of aromatic amines is 1. The normalized spacial score (nSPS) is 17.3. The third-order valence-corrected chi connectivity index (χ3v) is 5.68. The minimum Gasteiger partial charge on any atom is -0.497 e. The number of hydrogen-bond acceptors (Lipinski definition) is 6. The van der Waals surface area contributed by atoms with Crippen LogP contribution < -0.4 is 19.9 Å². The fourth-order valence-corrected chi connectivity index (χ4v) is 4.12. The maximum absolute atomic E-state index is 12.6. The van der Waals surface area contributed by atoms with E-state index in [-0.39, 0.29) is 5.56 Å². The highest BCUT2D eigenvalue weighted by atomic mass is 16.5. The summed E-state index contributed by atoms with van der Waals surface area (Å²) in [5.41, 5.74) is 2.82. The molecular formula is C21H28N4O3. The molecule has 2 aliphatic heterocycles. The van der Waals surface area contributed by atoms with Gasteiger partial charge in [-0.2, -0.15) is 0 Å². The molecule has 28 heavy (non-hydrogen) atoms. The number of hydrogen-bond donors (Lipinski definition) is 1. The number of benzene rings is 1. The lowest BCUT2D eigenvalue weighted by molar-refractivity contribution is 0.236. The number of anilines is 1. The lowest BCUT2D eigenvalue weighted by Crippen LogP contribution is -2.38. The first-order chi connectivity index (χ1) is 13.7. The van der Waals surface area contributed by atoms with Crippen LogP contribution in [0.2, 0.25) is 0 Å². The van der Waals surface area contributed by atoms with Crippen molar-refractivity contribution in [1.29, 1.82) is 0 Å². The average Bonchev–Trinajstić information content (AvgIpc) is 2.74. The second kappa shape index (κ2) is 8.22. The van der Waals surface area contributed by atoms with E-state index in [1.54, 1.807) is 14.2 Å². The van der Waals surface area contributed by atoms with Gasteiger partial charge in [0.1, 0.15) is 11.5 Å². The highest BCUT2D eigenvalue weighted by molar-refractivity contribution is 5.40. The second-order valence-electron chi connectivity index (χ2n) is 7.50. The molecule has 1 aromatic carbocycles. The molecule has 0 aliphatic carbocycles. The maximum Gasteiger partial charge on any atom is 0.255 e. The molecule has 0 spiro atoms. The summed E-state index contributed by atoms with van der Waals surface area (Å²) in [6.07, 6.45) is 4.27. The fraction of sp³-hybridized carbons (Fsp3) is 0.524. The molecule has 0 bridgehead atoms. The molecule has 150 valence electrons. The lowest BCUT2D eigenvalue weighted by Gasteiger charge is -2.31. The Morgan fingerprint density at radius 2 is 1.93 bits per heavy atom. The molecule has 0 atom stereocenters. The number of nitrogens with one attached hydrogen (secondary N) is 1. The van der Waals surface area contributed by atoms with Gasteiger partial charge >= 0.3 is 0 Å². The quantitative estimate of drug-likeness (QED) is 0.853. The van der Waals surface area contributed by atoms with Crippen molar-refractivity contribution in [3.05, 3.63) is 45.4 Å². The largest absolute Gasteiger partial charge is 0.497 e. The number of piperidine rings is 1. The van der Waals surface area contributed by atoms with E-state index in [0.29, 0.717) is 13.0 Å². The van der Waals surface area contributed by atoms with Gasteiger partial charge in [-0.25, -0.2) is 4.98 Å². The zero-order valence-electron chi connectivity index (χ0n) is 16.7. The van der Waals surface area contributed by atoms with Gasteiger partial charge in [0.2, 0.25) is 5.95 Å². The minimum atomic E-state index is 0.0178. The molecule has 2 aliphatic rings. The summed E-state index contributed by atoms with van der Waals surface area (Å²) in [5.74, 6) is 2.39. The SMILES string of the molecule is COc1ccc(OC)c(CN2CCc3c(nc(N4CCCCC4)[nH]c3=O)C2)c1. The highest BCUT2D eigenvalue weighted by Gasteiger charge is 2.24. The van der Waals surface area contributed by atoms with Crippen LogP contribution in [0.25, 0.3) is 0 Å². The van der Waals surface area contributed by atoms with Crippen molar-refractivity contribution in [1.82, 2.24) is 14.9 Å². The Labute approximate surface area is 165 Å². The van der Waals surface area contributed by atoms with Crippen LogP contribution in [0.1, 0.15) is 36.1 Å². The minimum absolute atomic E-state index is 0.0178. The highest BCUT2D eigenvalue weighted by Crippen LogP contribution is 2.27. The van der Waals surface area contributed by atoms with E-state index in [4.69, 9.17) is 14.5 Å². The molecule has 1 saturated heterocycles. The topological polar surface area (TPSA) is 70.7 Å². The monoisotopic (exact) mass is 384 g/mol. The first-order valence-electron chi connectivity index (χ1n) is 9.98. The van der Waals surface area contributed by atoms with Gasteiger partial charge < -0.3 is 14.4 Å². The van der Waals surface area contributed by atoms with Crippen LogP contribution in [-0.4, -0.2) is 48.7 Å².